The summed E-state index contributed by atoms with van der Waals surface area (Å²) >= 11 is 4.65. The second-order valence-electron chi connectivity index (χ2n) is 9.72. The van der Waals surface area contributed by atoms with E-state index in [9.17, 15) is 22.8 Å². The van der Waals surface area contributed by atoms with Gasteiger partial charge in [0, 0.05) is 21.8 Å². The summed E-state index contributed by atoms with van der Waals surface area (Å²) in [6.45, 7) is 3.49. The number of aryl methyl sites for hydroxylation is 1. The Kier molecular flexibility index (Phi) is 7.29. The van der Waals surface area contributed by atoms with E-state index in [1.165, 1.54) is 17.4 Å². The third-order valence-electron chi connectivity index (χ3n) is 6.64. The number of carbonyl (C=O) groups is 2. The van der Waals surface area contributed by atoms with E-state index in [0.717, 1.165) is 38.9 Å². The number of ether oxygens (including phenoxy) is 1. The van der Waals surface area contributed by atoms with Crippen LogP contribution >= 0.6 is 27.3 Å². The molecule has 0 radical (unpaired) electrons. The first-order valence-electron chi connectivity index (χ1n) is 12.4. The number of thiophene rings is 1. The normalized spacial score (nSPS) is 18.9. The monoisotopic (exact) mass is 610 g/mol. The van der Waals surface area contributed by atoms with Gasteiger partial charge in [-0.25, -0.2) is 9.48 Å². The van der Waals surface area contributed by atoms with E-state index in [4.69, 9.17) is 4.74 Å². The second kappa shape index (κ2) is 10.4. The van der Waals surface area contributed by atoms with Crippen LogP contribution in [0.4, 0.5) is 24.0 Å². The topological polar surface area (TPSA) is 85.2 Å². The van der Waals surface area contributed by atoms with Crippen molar-refractivity contribution in [3.05, 3.63) is 62.1 Å². The van der Waals surface area contributed by atoms with Gasteiger partial charge in [0.25, 0.3) is 5.91 Å². The van der Waals surface area contributed by atoms with Gasteiger partial charge in [0.15, 0.2) is 11.7 Å². The Morgan fingerprint density at radius 3 is 2.61 bits per heavy atom. The molecule has 0 fully saturated rings. The number of nitrogens with one attached hydrogen (secondary N) is 2. The summed E-state index contributed by atoms with van der Waals surface area (Å²) in [5.41, 5.74) is 1.73. The molecule has 3 heterocycles. The lowest BCUT2D eigenvalue weighted by atomic mass is 9.95. The van der Waals surface area contributed by atoms with E-state index in [1.54, 1.807) is 38.1 Å². The fourth-order valence-electron chi connectivity index (χ4n) is 4.91. The molecule has 38 heavy (non-hydrogen) atoms. The van der Waals surface area contributed by atoms with Gasteiger partial charge in [-0.05, 0) is 62.8 Å². The van der Waals surface area contributed by atoms with E-state index in [2.05, 4.69) is 31.7 Å². The molecule has 0 saturated carbocycles. The van der Waals surface area contributed by atoms with Gasteiger partial charge in [-0.15, -0.1) is 11.3 Å². The standard InChI is InChI=1S/C26H26BrF3N4O3S/c1-13(2)37-25(36)22-16-5-3-4-6-19(16)38-24(22)32-23(35)18-12-21-31-17(14-7-9-15(27)10-8-14)11-20(26(28,29)30)34(21)33-18/h7-10,12-13,17,20,31H,3-6,11H2,1-2H3,(H,32,35)/t17-,20+/m1/s1. The minimum atomic E-state index is -4.56. The highest BCUT2D eigenvalue weighted by Crippen LogP contribution is 2.44. The van der Waals surface area contributed by atoms with Crippen LogP contribution in [0, 0.1) is 0 Å². The highest BCUT2D eigenvalue weighted by Gasteiger charge is 2.47. The zero-order valence-electron chi connectivity index (χ0n) is 20.7. The minimum Gasteiger partial charge on any atom is -0.459 e. The molecule has 0 spiro atoms. The van der Waals surface area contributed by atoms with Crippen LogP contribution in [-0.4, -0.2) is 33.9 Å². The zero-order chi connectivity index (χ0) is 27.2. The van der Waals surface area contributed by atoms with Crippen molar-refractivity contribution in [2.24, 2.45) is 0 Å². The van der Waals surface area contributed by atoms with Crippen molar-refractivity contribution < 1.29 is 27.5 Å². The molecule has 1 aliphatic carbocycles. The van der Waals surface area contributed by atoms with Crippen molar-refractivity contribution in [2.45, 2.75) is 70.3 Å². The third-order valence-corrected chi connectivity index (χ3v) is 8.38. The van der Waals surface area contributed by atoms with Crippen molar-refractivity contribution in [3.8, 4) is 0 Å². The summed E-state index contributed by atoms with van der Waals surface area (Å²) in [6, 6.07) is 5.85. The highest BCUT2D eigenvalue weighted by atomic mass is 79.9. The van der Waals surface area contributed by atoms with Crippen molar-refractivity contribution in [2.75, 3.05) is 10.6 Å². The quantitative estimate of drug-likeness (QED) is 0.302. The van der Waals surface area contributed by atoms with Crippen molar-refractivity contribution in [1.29, 1.82) is 0 Å². The average Bonchev–Trinajstić information content (AvgIpc) is 3.44. The van der Waals surface area contributed by atoms with Crippen molar-refractivity contribution >= 4 is 50.0 Å². The molecule has 5 rings (SSSR count). The number of halogens is 4. The van der Waals surface area contributed by atoms with Gasteiger partial charge in [-0.2, -0.15) is 18.3 Å². The summed E-state index contributed by atoms with van der Waals surface area (Å²) in [7, 11) is 0. The van der Waals surface area contributed by atoms with Crippen LogP contribution in [0.5, 0.6) is 0 Å². The highest BCUT2D eigenvalue weighted by molar-refractivity contribution is 9.10. The maximum Gasteiger partial charge on any atom is 0.410 e. The van der Waals surface area contributed by atoms with E-state index in [0.29, 0.717) is 22.5 Å². The van der Waals surface area contributed by atoms with Crippen LogP contribution in [0.1, 0.15) is 82.0 Å². The maximum atomic E-state index is 14.1. The van der Waals surface area contributed by atoms with Crippen molar-refractivity contribution in [1.82, 2.24) is 9.78 Å². The molecular formula is C26H26BrF3N4O3S. The molecule has 0 unspecified atom stereocenters. The first-order chi connectivity index (χ1) is 18.0. The molecule has 2 atom stereocenters. The molecule has 12 heteroatoms. The van der Waals surface area contributed by atoms with Crippen LogP contribution in [0.15, 0.2) is 34.8 Å². The van der Waals surface area contributed by atoms with Crippen LogP contribution in [-0.2, 0) is 17.6 Å². The summed E-state index contributed by atoms with van der Waals surface area (Å²) < 4.78 is 49.3. The van der Waals surface area contributed by atoms with Gasteiger partial charge in [0.2, 0.25) is 0 Å². The number of anilines is 2. The lowest BCUT2D eigenvalue weighted by Crippen LogP contribution is -2.35. The summed E-state index contributed by atoms with van der Waals surface area (Å²) in [5, 5.41) is 10.2. The lowest BCUT2D eigenvalue weighted by molar-refractivity contribution is -0.173. The Morgan fingerprint density at radius 1 is 1.21 bits per heavy atom. The largest absolute Gasteiger partial charge is 0.459 e. The fourth-order valence-corrected chi connectivity index (χ4v) is 6.44. The van der Waals surface area contributed by atoms with Crippen molar-refractivity contribution in [3.63, 3.8) is 0 Å². The number of fused-ring (bicyclic) bond motifs is 2. The van der Waals surface area contributed by atoms with Gasteiger partial charge in [0.1, 0.15) is 10.8 Å². The van der Waals surface area contributed by atoms with Crippen LogP contribution < -0.4 is 10.6 Å². The van der Waals surface area contributed by atoms with Crippen LogP contribution in [0.3, 0.4) is 0 Å². The smallest absolute Gasteiger partial charge is 0.410 e. The van der Waals surface area contributed by atoms with E-state index in [1.807, 2.05) is 0 Å². The summed E-state index contributed by atoms with van der Waals surface area (Å²) in [6.07, 6.45) is -1.76. The number of nitrogens with zero attached hydrogens (tertiary/aromatic N) is 2. The molecule has 2 aliphatic rings. The van der Waals surface area contributed by atoms with Gasteiger partial charge in [0.05, 0.1) is 17.7 Å². The van der Waals surface area contributed by atoms with Gasteiger partial charge < -0.3 is 15.4 Å². The predicted octanol–water partition coefficient (Wildman–Crippen LogP) is 7.06. The molecule has 3 aromatic rings. The van der Waals surface area contributed by atoms with E-state index < -0.39 is 30.1 Å². The maximum absolute atomic E-state index is 14.1. The second-order valence-corrected chi connectivity index (χ2v) is 11.7. The number of aromatic nitrogens is 2. The number of rotatable bonds is 5. The van der Waals surface area contributed by atoms with E-state index in [-0.39, 0.29) is 24.0 Å². The Morgan fingerprint density at radius 2 is 1.92 bits per heavy atom. The first kappa shape index (κ1) is 26.7. The molecule has 2 aromatic heterocycles. The summed E-state index contributed by atoms with van der Waals surface area (Å²) in [5.74, 6) is -1.11. The Balaban J connectivity index is 1.45. The molecule has 202 valence electrons. The van der Waals surface area contributed by atoms with E-state index >= 15 is 0 Å². The molecule has 1 aromatic carbocycles. The van der Waals surface area contributed by atoms with Crippen LogP contribution in [0.2, 0.25) is 0 Å². The molecule has 0 saturated heterocycles. The SMILES string of the molecule is CC(C)OC(=O)c1c(NC(=O)c2cc3n(n2)[C@H](C(F)(F)F)C[C@H](c2ccc(Br)cc2)N3)sc2c1CCCC2. The van der Waals surface area contributed by atoms with Gasteiger partial charge in [-0.3, -0.25) is 4.79 Å². The Bertz CT molecular complexity index is 1370. The minimum absolute atomic E-state index is 0.0987. The number of carbonyl (C=O) groups excluding carboxylic acids is 2. The number of benzene rings is 1. The fraction of sp³-hybridized carbons (Fsp3) is 0.423. The molecule has 1 amide bonds. The number of hydrogen-bond acceptors (Lipinski definition) is 6. The molecule has 1 aliphatic heterocycles. The number of esters is 1. The zero-order valence-corrected chi connectivity index (χ0v) is 23.1. The number of hydrogen-bond donors (Lipinski definition) is 2. The van der Waals surface area contributed by atoms with Gasteiger partial charge in [-0.1, -0.05) is 28.1 Å². The number of alkyl halides is 3. The lowest BCUT2D eigenvalue weighted by Gasteiger charge is -2.33. The molecular weight excluding hydrogens is 585 g/mol. The Labute approximate surface area is 229 Å². The van der Waals surface area contributed by atoms with Gasteiger partial charge >= 0.3 is 12.1 Å². The third kappa shape index (κ3) is 5.33. The first-order valence-corrected chi connectivity index (χ1v) is 14.0. The van der Waals surface area contributed by atoms with Crippen LogP contribution in [0.25, 0.3) is 0 Å². The Hall–Kier alpha value is -2.86. The number of amides is 1. The molecule has 7 nitrogen and oxygen atoms in total. The summed E-state index contributed by atoms with van der Waals surface area (Å²) in [4.78, 5) is 27.2. The molecule has 2 N–H and O–H groups in total. The predicted molar refractivity (Wildman–Crippen MR) is 142 cm³/mol. The molecule has 0 bridgehead atoms. The average molecular weight is 611 g/mol.